The number of hydrogen-bond acceptors (Lipinski definition) is 6. The number of nitrogens with zero attached hydrogens (tertiary/aromatic N) is 6. The third-order valence-electron chi connectivity index (χ3n) is 14.5. The van der Waals surface area contributed by atoms with Crippen LogP contribution in [0.5, 0.6) is 0 Å². The van der Waals surface area contributed by atoms with Gasteiger partial charge in [0.1, 0.15) is 12.3 Å². The van der Waals surface area contributed by atoms with Crippen LogP contribution in [0.4, 0.5) is 0 Å². The van der Waals surface area contributed by atoms with Gasteiger partial charge in [0.2, 0.25) is 0 Å². The maximum atomic E-state index is 10.2. The summed E-state index contributed by atoms with van der Waals surface area (Å²) < 4.78 is 4.50. The molecule has 8 aromatic carbocycles. The van der Waals surface area contributed by atoms with Gasteiger partial charge in [-0.25, -0.2) is 0 Å². The van der Waals surface area contributed by atoms with Crippen molar-refractivity contribution in [1.29, 1.82) is 0 Å². The third kappa shape index (κ3) is 22.3. The van der Waals surface area contributed by atoms with E-state index in [4.69, 9.17) is 0 Å². The molecule has 0 saturated heterocycles. The first kappa shape index (κ1) is 70.2. The molecule has 6 heterocycles. The van der Waals surface area contributed by atoms with Crippen LogP contribution in [0, 0.1) is 31.2 Å². The van der Waals surface area contributed by atoms with Crippen molar-refractivity contribution in [3.63, 3.8) is 0 Å². The molecule has 0 radical (unpaired) electrons. The largest absolute Gasteiger partial charge is 2.00 e. The average Bonchev–Trinajstić information content (AvgIpc) is 0.774. The normalized spacial score (nSPS) is 9.89. The summed E-state index contributed by atoms with van der Waals surface area (Å²) in [6.45, 7) is 0. The van der Waals surface area contributed by atoms with Gasteiger partial charge in [0, 0.05) is 72.8 Å². The predicted molar refractivity (Wildman–Crippen MR) is 373 cm³/mol. The van der Waals surface area contributed by atoms with Gasteiger partial charge in [0.15, 0.2) is 74.4 Å². The minimum atomic E-state index is -1.22. The van der Waals surface area contributed by atoms with E-state index in [1.807, 2.05) is 0 Å². The summed E-state index contributed by atoms with van der Waals surface area (Å²) in [6.07, 6.45) is 14.9. The number of pyridine rings is 6. The van der Waals surface area contributed by atoms with Crippen LogP contribution in [0.2, 0.25) is 0 Å². The molecule has 93 heavy (non-hydrogen) atoms. The van der Waals surface area contributed by atoms with E-state index in [0.717, 1.165) is 28.4 Å². The first-order valence-corrected chi connectivity index (χ1v) is 29.8. The first-order chi connectivity index (χ1) is 45.2. The van der Waals surface area contributed by atoms with Crippen LogP contribution in [0.3, 0.4) is 0 Å². The number of aromatic nitrogens is 6. The van der Waals surface area contributed by atoms with Gasteiger partial charge >= 0.3 is 17.1 Å². The van der Waals surface area contributed by atoms with Crippen molar-refractivity contribution in [2.45, 2.75) is 0 Å². The molecule has 0 aliphatic rings. The minimum Gasteiger partial charge on any atom is -0.619 e. The summed E-state index contributed by atoms with van der Waals surface area (Å²) in [7, 11) is 0. The summed E-state index contributed by atoms with van der Waals surface area (Å²) in [6, 6.07) is 118. The van der Waals surface area contributed by atoms with Gasteiger partial charge in [-0.3, -0.25) is 0 Å². The van der Waals surface area contributed by atoms with Crippen LogP contribution in [-0.2, 0) is 17.1 Å². The molecule has 0 spiro atoms. The fourth-order valence-electron chi connectivity index (χ4n) is 10.5. The number of benzene rings is 8. The summed E-state index contributed by atoms with van der Waals surface area (Å²) in [5.41, 5.74) is 10.7. The second-order valence-corrected chi connectivity index (χ2v) is 20.4. The molecular formula is C78H70B2FeN6O6. The summed E-state index contributed by atoms with van der Waals surface area (Å²) in [4.78, 5) is 0. The van der Waals surface area contributed by atoms with Crippen molar-refractivity contribution >= 4 is 56.0 Å². The van der Waals surface area contributed by atoms with Gasteiger partial charge in [-0.05, 0) is 0 Å². The number of rotatable bonds is 8. The van der Waals surface area contributed by atoms with Crippen LogP contribution in [-0.4, -0.2) is 12.3 Å². The topological polar surface area (TPSA) is 162 Å². The van der Waals surface area contributed by atoms with Crippen molar-refractivity contribution in [1.82, 2.24) is 0 Å². The van der Waals surface area contributed by atoms with E-state index in [1.54, 1.807) is 109 Å². The van der Waals surface area contributed by atoms with E-state index < -0.39 is 12.3 Å². The Balaban J connectivity index is 0.000000184. The van der Waals surface area contributed by atoms with Gasteiger partial charge in [0.05, 0.1) is 0 Å². The van der Waals surface area contributed by atoms with Crippen LogP contribution < -0.4 is 72.1 Å². The van der Waals surface area contributed by atoms with Crippen molar-refractivity contribution in [3.8, 4) is 0 Å². The molecular weight excluding hydrogens is 1190 g/mol. The van der Waals surface area contributed by atoms with Crippen LogP contribution >= 0.6 is 0 Å². The quantitative estimate of drug-likeness (QED) is 0.0850. The van der Waals surface area contributed by atoms with Gasteiger partial charge in [-0.15, -0.1) is 0 Å². The minimum absolute atomic E-state index is 0. The molecule has 0 aliphatic heterocycles. The Morgan fingerprint density at radius 3 is 0.301 bits per heavy atom. The molecule has 0 unspecified atom stereocenters. The van der Waals surface area contributed by atoms with Gasteiger partial charge in [-0.2, -0.15) is 72.1 Å². The van der Waals surface area contributed by atoms with Gasteiger partial charge in [-0.1, -0.05) is 279 Å². The Bertz CT molecular complexity index is 3350. The summed E-state index contributed by atoms with van der Waals surface area (Å²) >= 11 is 0. The Morgan fingerprint density at radius 1 is 0.140 bits per heavy atom. The molecule has 0 aliphatic carbocycles. The van der Waals surface area contributed by atoms with Crippen molar-refractivity contribution in [2.24, 2.45) is 0 Å². The average molecular weight is 1260 g/mol. The molecule has 12 nitrogen and oxygen atoms in total. The van der Waals surface area contributed by atoms with Crippen LogP contribution in [0.15, 0.2) is 426 Å². The van der Waals surface area contributed by atoms with Crippen molar-refractivity contribution in [3.05, 3.63) is 457 Å². The Morgan fingerprint density at radius 2 is 0.226 bits per heavy atom. The van der Waals surface area contributed by atoms with E-state index in [1.165, 1.54) is 118 Å². The molecule has 6 aromatic heterocycles. The predicted octanol–water partition coefficient (Wildman–Crippen LogP) is 8.05. The monoisotopic (exact) mass is 1260 g/mol. The van der Waals surface area contributed by atoms with E-state index >= 15 is 0 Å². The molecule has 14 rings (SSSR count). The third-order valence-corrected chi connectivity index (χ3v) is 14.5. The molecule has 462 valence electrons. The van der Waals surface area contributed by atoms with Gasteiger partial charge < -0.3 is 31.2 Å². The molecule has 0 N–H and O–H groups in total. The van der Waals surface area contributed by atoms with E-state index in [2.05, 4.69) is 243 Å². The summed E-state index contributed by atoms with van der Waals surface area (Å²) in [5.74, 6) is 0. The Labute approximate surface area is 555 Å². The fraction of sp³-hybridized carbons (Fsp3) is 0. The molecule has 0 amide bonds. The zero-order chi connectivity index (χ0) is 64.6. The van der Waals surface area contributed by atoms with E-state index in [-0.39, 0.29) is 17.1 Å². The van der Waals surface area contributed by atoms with Crippen molar-refractivity contribution < 1.29 is 45.5 Å². The smallest absolute Gasteiger partial charge is 0.619 e. The standard InChI is InChI=1S/2C24H20B.6C5H5NO.Fe/c2*1-5-13-21(14-6-1)25(22-15-7-2-8-16-22,23-17-9-3-10-18-23)24-19-11-4-12-20-24;6*7-6-4-2-1-3-5-6;/h2*1-20H;6*1-5H;/q2*-1;;;;;;;+2. The van der Waals surface area contributed by atoms with Crippen molar-refractivity contribution in [2.75, 3.05) is 0 Å². The fourth-order valence-corrected chi connectivity index (χ4v) is 10.5. The zero-order valence-electron chi connectivity index (χ0n) is 51.1. The second-order valence-electron chi connectivity index (χ2n) is 20.4. The van der Waals surface area contributed by atoms with E-state index in [9.17, 15) is 31.2 Å². The molecule has 15 heteroatoms. The molecule has 0 atom stereocenters. The second kappa shape index (κ2) is 39.9. The summed E-state index contributed by atoms with van der Waals surface area (Å²) in [5, 5.41) is 61.1. The van der Waals surface area contributed by atoms with Crippen LogP contribution in [0.25, 0.3) is 0 Å². The maximum absolute atomic E-state index is 10.2. The van der Waals surface area contributed by atoms with E-state index in [0.29, 0.717) is 0 Å². The molecule has 0 bridgehead atoms. The molecule has 0 fully saturated rings. The zero-order valence-corrected chi connectivity index (χ0v) is 52.2. The molecule has 14 aromatic rings. The Kier molecular flexibility index (Phi) is 30.1. The van der Waals surface area contributed by atoms with Gasteiger partial charge in [0.25, 0.3) is 0 Å². The maximum Gasteiger partial charge on any atom is 2.00 e. The first-order valence-electron chi connectivity index (χ1n) is 29.8. The number of hydrogen-bond donors (Lipinski definition) is 0. The van der Waals surface area contributed by atoms with Crippen LogP contribution in [0.1, 0.15) is 0 Å². The SMILES string of the molecule is [Fe+2].[O-][n+]1ccccc1.[O-][n+]1ccccc1.[O-][n+]1ccccc1.[O-][n+]1ccccc1.[O-][n+]1ccccc1.[O-][n+]1ccccc1.c1ccc([B-](c2ccccc2)(c2ccccc2)c2ccccc2)cc1.c1ccc([B-](c2ccccc2)(c2ccccc2)c2ccccc2)cc1. The molecule has 0 saturated carbocycles. The Hall–Kier alpha value is -11.9.